The molecule has 0 radical (unpaired) electrons. The lowest BCUT2D eigenvalue weighted by atomic mass is 10.0. The topological polar surface area (TPSA) is 67.2 Å². The zero-order valence-corrected chi connectivity index (χ0v) is 16.4. The number of hydrogen-bond donors (Lipinski definition) is 0. The lowest BCUT2D eigenvalue weighted by molar-refractivity contribution is 0.117. The van der Waals surface area contributed by atoms with Gasteiger partial charge in [-0.05, 0) is 48.9 Å². The molecule has 0 spiro atoms. The summed E-state index contributed by atoms with van der Waals surface area (Å²) in [5.41, 5.74) is -0.360. The second-order valence-electron chi connectivity index (χ2n) is 6.24. The normalized spacial score (nSPS) is 24.8. The van der Waals surface area contributed by atoms with Crippen LogP contribution in [-0.4, -0.2) is 26.9 Å². The lowest BCUT2D eigenvalue weighted by Crippen LogP contribution is -2.19. The molecule has 0 N–H and O–H groups in total. The number of benzene rings is 2. The first-order chi connectivity index (χ1) is 12.4. The van der Waals surface area contributed by atoms with Crippen molar-refractivity contribution in [1.82, 2.24) is 0 Å². The van der Waals surface area contributed by atoms with E-state index in [0.29, 0.717) is 16.7 Å². The maximum Gasteiger partial charge on any atom is 0.183 e. The number of ether oxygens (including phenoxy) is 1. The van der Waals surface area contributed by atoms with Gasteiger partial charge in [-0.3, -0.25) is 0 Å². The Balaban J connectivity index is 2.05. The molecule has 1 fully saturated rings. The van der Waals surface area contributed by atoms with Gasteiger partial charge in [0.15, 0.2) is 9.84 Å². The summed E-state index contributed by atoms with van der Waals surface area (Å²) in [5.74, 6) is -0.475. The molecular weight excluding hydrogens is 393 g/mol. The van der Waals surface area contributed by atoms with Gasteiger partial charge in [0.2, 0.25) is 0 Å². The number of nitriles is 1. The Hall–Kier alpha value is -1.58. The van der Waals surface area contributed by atoms with Crippen LogP contribution in [0, 0.1) is 16.7 Å². The SMILES string of the molecule is CCOC[C@]1(C#N)[C@@H](c2ccc(Cl)cc2)[C@@H]1S(=O)(=O)c1ccc(Cl)cc1. The van der Waals surface area contributed by atoms with Crippen molar-refractivity contribution < 1.29 is 13.2 Å². The number of rotatable bonds is 6. The summed E-state index contributed by atoms with van der Waals surface area (Å²) >= 11 is 11.8. The summed E-state index contributed by atoms with van der Waals surface area (Å²) in [7, 11) is -3.73. The molecule has 136 valence electrons. The van der Waals surface area contributed by atoms with Crippen molar-refractivity contribution in [2.24, 2.45) is 5.41 Å². The largest absolute Gasteiger partial charge is 0.380 e. The molecule has 2 aromatic carbocycles. The van der Waals surface area contributed by atoms with Gasteiger partial charge in [0.1, 0.15) is 5.41 Å². The van der Waals surface area contributed by atoms with Crippen molar-refractivity contribution in [2.45, 2.75) is 23.0 Å². The maximum atomic E-state index is 13.2. The summed E-state index contributed by atoms with van der Waals surface area (Å²) in [5, 5.41) is 9.98. The van der Waals surface area contributed by atoms with Gasteiger partial charge in [-0.2, -0.15) is 5.26 Å². The van der Waals surface area contributed by atoms with Crippen LogP contribution in [0.3, 0.4) is 0 Å². The minimum absolute atomic E-state index is 0.0603. The highest BCUT2D eigenvalue weighted by atomic mass is 35.5. The molecule has 0 aliphatic heterocycles. The van der Waals surface area contributed by atoms with Crippen LogP contribution in [0.5, 0.6) is 0 Å². The highest BCUT2D eigenvalue weighted by Crippen LogP contribution is 2.64. The molecular formula is C19H17Cl2NO3S. The Labute approximate surface area is 163 Å². The van der Waals surface area contributed by atoms with Crippen LogP contribution in [0.4, 0.5) is 0 Å². The van der Waals surface area contributed by atoms with Gasteiger partial charge in [-0.1, -0.05) is 35.3 Å². The zero-order valence-electron chi connectivity index (χ0n) is 14.0. The van der Waals surface area contributed by atoms with Crippen LogP contribution >= 0.6 is 23.2 Å². The zero-order chi connectivity index (χ0) is 18.9. The van der Waals surface area contributed by atoms with E-state index in [4.69, 9.17) is 27.9 Å². The van der Waals surface area contributed by atoms with Crippen molar-refractivity contribution >= 4 is 33.0 Å². The van der Waals surface area contributed by atoms with Crippen molar-refractivity contribution in [3.8, 4) is 6.07 Å². The fraction of sp³-hybridized carbons (Fsp3) is 0.316. The molecule has 0 bridgehead atoms. The first-order valence-electron chi connectivity index (χ1n) is 8.10. The number of hydrogen-bond acceptors (Lipinski definition) is 4. The average Bonchev–Trinajstić information content (AvgIpc) is 3.31. The van der Waals surface area contributed by atoms with Crippen molar-refractivity contribution in [3.05, 3.63) is 64.1 Å². The van der Waals surface area contributed by atoms with E-state index in [1.165, 1.54) is 24.3 Å². The summed E-state index contributed by atoms with van der Waals surface area (Å²) < 4.78 is 31.9. The van der Waals surface area contributed by atoms with E-state index < -0.39 is 26.4 Å². The van der Waals surface area contributed by atoms with E-state index in [2.05, 4.69) is 6.07 Å². The second-order valence-corrected chi connectivity index (χ2v) is 9.18. The average molecular weight is 410 g/mol. The minimum atomic E-state index is -3.73. The van der Waals surface area contributed by atoms with Crippen LogP contribution in [0.15, 0.2) is 53.4 Å². The van der Waals surface area contributed by atoms with Gasteiger partial charge in [0.05, 0.1) is 22.8 Å². The molecule has 1 saturated carbocycles. The molecule has 4 nitrogen and oxygen atoms in total. The molecule has 0 amide bonds. The van der Waals surface area contributed by atoms with Crippen molar-refractivity contribution in [3.63, 3.8) is 0 Å². The molecule has 3 rings (SSSR count). The van der Waals surface area contributed by atoms with Gasteiger partial charge in [0, 0.05) is 22.6 Å². The Morgan fingerprint density at radius 1 is 1.08 bits per heavy atom. The molecule has 3 atom stereocenters. The monoisotopic (exact) mass is 409 g/mol. The number of nitrogens with zero attached hydrogens (tertiary/aromatic N) is 1. The molecule has 0 heterocycles. The van der Waals surface area contributed by atoms with Gasteiger partial charge in [0.25, 0.3) is 0 Å². The molecule has 2 aromatic rings. The van der Waals surface area contributed by atoms with Crippen LogP contribution in [0.1, 0.15) is 18.4 Å². The summed E-state index contributed by atoms with van der Waals surface area (Å²) in [6.45, 7) is 2.28. The third kappa shape index (κ3) is 3.23. The molecule has 7 heteroatoms. The van der Waals surface area contributed by atoms with E-state index in [1.807, 2.05) is 6.92 Å². The minimum Gasteiger partial charge on any atom is -0.380 e. The lowest BCUT2D eigenvalue weighted by Gasteiger charge is -2.10. The van der Waals surface area contributed by atoms with E-state index in [1.54, 1.807) is 24.3 Å². The Kier molecular flexibility index (Phi) is 5.32. The smallest absolute Gasteiger partial charge is 0.183 e. The predicted octanol–water partition coefficient (Wildman–Crippen LogP) is 4.48. The Morgan fingerprint density at radius 2 is 1.62 bits per heavy atom. The quantitative estimate of drug-likeness (QED) is 0.704. The van der Waals surface area contributed by atoms with Gasteiger partial charge >= 0.3 is 0 Å². The van der Waals surface area contributed by atoms with E-state index >= 15 is 0 Å². The van der Waals surface area contributed by atoms with Gasteiger partial charge < -0.3 is 4.74 Å². The van der Waals surface area contributed by atoms with E-state index in [-0.39, 0.29) is 11.5 Å². The second kappa shape index (κ2) is 7.21. The standard InChI is InChI=1S/C19H17Cl2NO3S/c1-2-25-12-19(11-22)17(13-3-5-14(20)6-4-13)18(19)26(23,24)16-9-7-15(21)8-10-16/h3-10,17-18H,2,12H2,1H3/t17-,18-,19+/m0/s1. The fourth-order valence-electron chi connectivity index (χ4n) is 3.38. The van der Waals surface area contributed by atoms with Crippen molar-refractivity contribution in [1.29, 1.82) is 5.26 Å². The fourth-order valence-corrected chi connectivity index (χ4v) is 5.94. The Bertz CT molecular complexity index is 936. The molecule has 1 aliphatic carbocycles. The summed E-state index contributed by atoms with van der Waals surface area (Å²) in [6.07, 6.45) is 0. The first-order valence-corrected chi connectivity index (χ1v) is 10.4. The Morgan fingerprint density at radius 3 is 2.12 bits per heavy atom. The van der Waals surface area contributed by atoms with Crippen LogP contribution in [-0.2, 0) is 14.6 Å². The van der Waals surface area contributed by atoms with Crippen LogP contribution in [0.25, 0.3) is 0 Å². The van der Waals surface area contributed by atoms with Gasteiger partial charge in [-0.25, -0.2) is 8.42 Å². The number of sulfone groups is 1. The third-order valence-electron chi connectivity index (χ3n) is 4.72. The third-order valence-corrected chi connectivity index (χ3v) is 7.51. The number of halogens is 2. The molecule has 26 heavy (non-hydrogen) atoms. The first kappa shape index (κ1) is 19.2. The van der Waals surface area contributed by atoms with Gasteiger partial charge in [-0.15, -0.1) is 0 Å². The highest BCUT2D eigenvalue weighted by Gasteiger charge is 2.72. The predicted molar refractivity (Wildman–Crippen MR) is 101 cm³/mol. The molecule has 0 aromatic heterocycles. The summed E-state index contributed by atoms with van der Waals surface area (Å²) in [4.78, 5) is 0.152. The van der Waals surface area contributed by atoms with E-state index in [0.717, 1.165) is 5.56 Å². The molecule has 0 unspecified atom stereocenters. The van der Waals surface area contributed by atoms with Crippen molar-refractivity contribution in [2.75, 3.05) is 13.2 Å². The molecule has 1 aliphatic rings. The van der Waals surface area contributed by atoms with Crippen LogP contribution < -0.4 is 0 Å². The summed E-state index contributed by atoms with van der Waals surface area (Å²) in [6, 6.07) is 15.2. The van der Waals surface area contributed by atoms with Crippen LogP contribution in [0.2, 0.25) is 10.0 Å². The van der Waals surface area contributed by atoms with E-state index in [9.17, 15) is 13.7 Å². The highest BCUT2D eigenvalue weighted by molar-refractivity contribution is 7.92. The maximum absolute atomic E-state index is 13.2. The molecule has 0 saturated heterocycles.